The minimum atomic E-state index is -1.62. The topological polar surface area (TPSA) is 111 Å². The van der Waals surface area contributed by atoms with Gasteiger partial charge in [-0.25, -0.2) is 0 Å². The molecule has 0 aliphatic carbocycles. The number of carboxylic acids is 1. The minimum Gasteiger partial charge on any atom is -0.545 e. The number of esters is 2. The highest BCUT2D eigenvalue weighted by molar-refractivity contribution is 5.70. The first-order valence-corrected chi connectivity index (χ1v) is 29.8. The molecule has 0 rings (SSSR count). The molecule has 0 aromatic carbocycles. The molecule has 0 saturated heterocycles. The summed E-state index contributed by atoms with van der Waals surface area (Å²) >= 11 is 0. The van der Waals surface area contributed by atoms with Crippen molar-refractivity contribution in [3.05, 3.63) is 12.2 Å². The number of rotatable bonds is 56. The van der Waals surface area contributed by atoms with Crippen LogP contribution in [0.4, 0.5) is 0 Å². The van der Waals surface area contributed by atoms with Crippen molar-refractivity contribution in [3.8, 4) is 0 Å². The molecule has 0 amide bonds. The van der Waals surface area contributed by atoms with Crippen LogP contribution in [0.25, 0.3) is 0 Å². The van der Waals surface area contributed by atoms with E-state index >= 15 is 0 Å². The van der Waals surface area contributed by atoms with Gasteiger partial charge >= 0.3 is 11.9 Å². The molecule has 2 atom stereocenters. The van der Waals surface area contributed by atoms with Crippen molar-refractivity contribution >= 4 is 17.9 Å². The van der Waals surface area contributed by atoms with Gasteiger partial charge in [-0.05, 0) is 38.5 Å². The van der Waals surface area contributed by atoms with E-state index in [2.05, 4.69) is 26.0 Å². The number of carboxylic acid groups (broad SMARTS) is 1. The Bertz CT molecular complexity index is 1140. The molecule has 0 fully saturated rings. The highest BCUT2D eigenvalue weighted by atomic mass is 16.7. The third kappa shape index (κ3) is 53.7. The largest absolute Gasteiger partial charge is 0.545 e. The van der Waals surface area contributed by atoms with Gasteiger partial charge in [0.1, 0.15) is 13.2 Å². The summed E-state index contributed by atoms with van der Waals surface area (Å²) in [7, 11) is 5.93. The molecule has 0 spiro atoms. The summed E-state index contributed by atoms with van der Waals surface area (Å²) < 4.78 is 22.7. The van der Waals surface area contributed by atoms with Crippen molar-refractivity contribution in [1.29, 1.82) is 0 Å². The van der Waals surface area contributed by atoms with Crippen LogP contribution in [0, 0.1) is 0 Å². The second-order valence-electron chi connectivity index (χ2n) is 21.6. The third-order valence-electron chi connectivity index (χ3n) is 13.5. The van der Waals surface area contributed by atoms with Gasteiger partial charge in [-0.2, -0.15) is 0 Å². The first kappa shape index (κ1) is 67.0. The van der Waals surface area contributed by atoms with Gasteiger partial charge in [0, 0.05) is 12.8 Å². The Morgan fingerprint density at radius 2 is 0.739 bits per heavy atom. The maximum atomic E-state index is 12.8. The van der Waals surface area contributed by atoms with Crippen LogP contribution < -0.4 is 5.11 Å². The summed E-state index contributed by atoms with van der Waals surface area (Å²) in [4.78, 5) is 37.3. The summed E-state index contributed by atoms with van der Waals surface area (Å²) in [5.74, 6) is -2.27. The van der Waals surface area contributed by atoms with Crippen LogP contribution >= 0.6 is 0 Å². The van der Waals surface area contributed by atoms with Crippen molar-refractivity contribution in [2.24, 2.45) is 0 Å². The van der Waals surface area contributed by atoms with E-state index in [9.17, 15) is 19.5 Å². The number of ether oxygens (including phenoxy) is 4. The second-order valence-corrected chi connectivity index (χ2v) is 21.6. The number of likely N-dealkylation sites (N-methyl/N-ethyl adjacent to an activating group) is 1. The molecule has 0 aliphatic heterocycles. The molecular weight excluding hydrogens is 863 g/mol. The van der Waals surface area contributed by atoms with Crippen molar-refractivity contribution in [1.82, 2.24) is 0 Å². The van der Waals surface area contributed by atoms with E-state index in [0.717, 1.165) is 44.9 Å². The average Bonchev–Trinajstić information content (AvgIpc) is 3.31. The molecule has 0 saturated carbocycles. The van der Waals surface area contributed by atoms with E-state index in [-0.39, 0.29) is 32.2 Å². The Morgan fingerprint density at radius 3 is 1.07 bits per heavy atom. The lowest BCUT2D eigenvalue weighted by atomic mass is 10.0. The van der Waals surface area contributed by atoms with E-state index < -0.39 is 24.3 Å². The Hall–Kier alpha value is -1.97. The van der Waals surface area contributed by atoms with E-state index in [1.165, 1.54) is 218 Å². The van der Waals surface area contributed by atoms with Crippen LogP contribution in [0.15, 0.2) is 12.2 Å². The SMILES string of the molecule is CCCCCCCC/C=C\CCCCCCCCCC(=O)OC(COC(=O)CCCCCCCCCCCCCCCCCCCCCCCCCCCCC)COC(OCC[N+](C)(C)C)C(=O)[O-]. The van der Waals surface area contributed by atoms with E-state index in [0.29, 0.717) is 23.9 Å². The zero-order chi connectivity index (χ0) is 50.6. The lowest BCUT2D eigenvalue weighted by Gasteiger charge is -2.26. The van der Waals surface area contributed by atoms with E-state index in [1.807, 2.05) is 21.1 Å². The molecule has 0 radical (unpaired) electrons. The molecule has 9 nitrogen and oxygen atoms in total. The van der Waals surface area contributed by atoms with Gasteiger partial charge in [0.05, 0.1) is 40.3 Å². The molecule has 0 bridgehead atoms. The first-order chi connectivity index (χ1) is 33.6. The maximum absolute atomic E-state index is 12.8. The number of aliphatic carboxylic acids is 1. The summed E-state index contributed by atoms with van der Waals surface area (Å²) in [5.41, 5.74) is 0. The van der Waals surface area contributed by atoms with E-state index in [1.54, 1.807) is 0 Å². The summed E-state index contributed by atoms with van der Waals surface area (Å²) in [6.45, 7) is 4.79. The van der Waals surface area contributed by atoms with Crippen molar-refractivity contribution < 1.29 is 42.9 Å². The van der Waals surface area contributed by atoms with Crippen molar-refractivity contribution in [2.45, 2.75) is 309 Å². The molecule has 2 unspecified atom stereocenters. The predicted molar refractivity (Wildman–Crippen MR) is 288 cm³/mol. The van der Waals surface area contributed by atoms with Gasteiger partial charge in [-0.15, -0.1) is 0 Å². The van der Waals surface area contributed by atoms with Crippen molar-refractivity contribution in [3.63, 3.8) is 0 Å². The minimum absolute atomic E-state index is 0.150. The summed E-state index contributed by atoms with van der Waals surface area (Å²) in [6.07, 6.45) is 57.0. The van der Waals surface area contributed by atoms with Crippen LogP contribution in [0.5, 0.6) is 0 Å². The number of hydrogen-bond donors (Lipinski definition) is 0. The van der Waals surface area contributed by atoms with E-state index in [4.69, 9.17) is 18.9 Å². The summed E-state index contributed by atoms with van der Waals surface area (Å²) in [5, 5.41) is 11.8. The standard InChI is InChI=1S/C60H115NO8/c1-6-8-10-12-14-16-18-20-22-24-25-26-27-28-29-30-31-32-33-35-36-38-40-42-44-46-48-50-57(62)67-54-56(55-68-60(59(64)65)66-53-52-61(3,4)5)69-58(63)51-49-47-45-43-41-39-37-34-23-21-19-17-15-13-11-9-7-2/h21,23,56,60H,6-20,22,24-55H2,1-5H3/b23-21-. The fourth-order valence-electron chi connectivity index (χ4n) is 8.89. The molecule has 0 aromatic rings. The second kappa shape index (κ2) is 52.4. The van der Waals surface area contributed by atoms with Crippen LogP contribution in [0.3, 0.4) is 0 Å². The fourth-order valence-corrected chi connectivity index (χ4v) is 8.89. The number of nitrogens with zero attached hydrogens (tertiary/aromatic N) is 1. The fraction of sp³-hybridized carbons (Fsp3) is 0.917. The van der Waals surface area contributed by atoms with Gasteiger partial charge in [-0.1, -0.05) is 257 Å². The van der Waals surface area contributed by atoms with Crippen molar-refractivity contribution in [2.75, 3.05) is 47.5 Å². The number of allylic oxidation sites excluding steroid dienone is 2. The number of carbonyl (C=O) groups excluding carboxylic acids is 3. The van der Waals surface area contributed by atoms with Gasteiger partial charge in [0.2, 0.25) is 0 Å². The van der Waals surface area contributed by atoms with Crippen LogP contribution in [0.2, 0.25) is 0 Å². The zero-order valence-corrected chi connectivity index (χ0v) is 46.5. The highest BCUT2D eigenvalue weighted by Gasteiger charge is 2.22. The van der Waals surface area contributed by atoms with Crippen LogP contribution in [0.1, 0.15) is 296 Å². The Kier molecular flexibility index (Phi) is 50.9. The number of hydrogen-bond acceptors (Lipinski definition) is 8. The molecule has 69 heavy (non-hydrogen) atoms. The highest BCUT2D eigenvalue weighted by Crippen LogP contribution is 2.18. The quantitative estimate of drug-likeness (QED) is 0.0195. The maximum Gasteiger partial charge on any atom is 0.306 e. The number of carbonyl (C=O) groups is 3. The molecule has 0 aromatic heterocycles. The van der Waals surface area contributed by atoms with Gasteiger partial charge in [0.25, 0.3) is 0 Å². The summed E-state index contributed by atoms with van der Waals surface area (Å²) in [6, 6.07) is 0. The zero-order valence-electron chi connectivity index (χ0n) is 46.5. The number of unbranched alkanes of at least 4 members (excludes halogenated alkanes) is 39. The third-order valence-corrected chi connectivity index (χ3v) is 13.5. The Balaban J connectivity index is 4.13. The molecule has 9 heteroatoms. The molecule has 0 heterocycles. The monoisotopic (exact) mass is 978 g/mol. The average molecular weight is 979 g/mol. The van der Waals surface area contributed by atoms with Crippen LogP contribution in [-0.4, -0.2) is 82.3 Å². The normalized spacial score (nSPS) is 12.8. The van der Waals surface area contributed by atoms with Gasteiger partial charge < -0.3 is 33.3 Å². The Labute approximate surface area is 427 Å². The molecule has 0 aliphatic rings. The molecule has 408 valence electrons. The first-order valence-electron chi connectivity index (χ1n) is 29.8. The lowest BCUT2D eigenvalue weighted by molar-refractivity contribution is -0.870. The van der Waals surface area contributed by atoms with Gasteiger partial charge in [-0.3, -0.25) is 9.59 Å². The smallest absolute Gasteiger partial charge is 0.306 e. The van der Waals surface area contributed by atoms with Crippen LogP contribution in [-0.2, 0) is 33.3 Å². The lowest BCUT2D eigenvalue weighted by Crippen LogP contribution is -2.44. The molecule has 0 N–H and O–H groups in total. The number of quaternary nitrogens is 1. The molecular formula is C60H115NO8. The Morgan fingerprint density at radius 1 is 0.420 bits per heavy atom. The predicted octanol–water partition coefficient (Wildman–Crippen LogP) is 16.0. The van der Waals surface area contributed by atoms with Gasteiger partial charge in [0.15, 0.2) is 12.4 Å².